The first-order valence-corrected chi connectivity index (χ1v) is 8.28. The average Bonchev–Trinajstić information content (AvgIpc) is 2.61. The molecule has 1 aliphatic rings. The second-order valence-corrected chi connectivity index (χ2v) is 6.01. The fourth-order valence-corrected chi connectivity index (χ4v) is 3.14. The molecule has 1 aromatic heterocycles. The Morgan fingerprint density at radius 1 is 1.33 bits per heavy atom. The fourth-order valence-electron chi connectivity index (χ4n) is 3.14. The Morgan fingerprint density at radius 3 is 2.96 bits per heavy atom. The van der Waals surface area contributed by atoms with Crippen molar-refractivity contribution in [2.75, 3.05) is 26.8 Å². The van der Waals surface area contributed by atoms with Crippen LogP contribution in [0.3, 0.4) is 0 Å². The number of nitrogens with two attached hydrogens (primary N) is 1. The van der Waals surface area contributed by atoms with E-state index in [1.807, 2.05) is 30.3 Å². The molecule has 1 atom stereocenters. The van der Waals surface area contributed by atoms with E-state index in [0.717, 1.165) is 42.5 Å². The van der Waals surface area contributed by atoms with Crippen molar-refractivity contribution in [3.63, 3.8) is 0 Å². The Morgan fingerprint density at radius 2 is 2.17 bits per heavy atom. The number of primary amides is 1. The van der Waals surface area contributed by atoms with Gasteiger partial charge in [-0.3, -0.25) is 9.69 Å². The Balaban J connectivity index is 1.61. The second kappa shape index (κ2) is 7.49. The van der Waals surface area contributed by atoms with Gasteiger partial charge in [0.05, 0.1) is 18.7 Å². The predicted octanol–water partition coefficient (Wildman–Crippen LogP) is 1.96. The van der Waals surface area contributed by atoms with Crippen LogP contribution in [0.1, 0.15) is 19.3 Å². The van der Waals surface area contributed by atoms with Gasteiger partial charge in [0.2, 0.25) is 11.8 Å². The molecule has 3 rings (SSSR count). The van der Waals surface area contributed by atoms with Crippen molar-refractivity contribution in [1.29, 1.82) is 0 Å². The predicted molar refractivity (Wildman–Crippen MR) is 92.2 cm³/mol. The number of likely N-dealkylation sites (tertiary alicyclic amines) is 1. The van der Waals surface area contributed by atoms with Crippen LogP contribution in [0.4, 0.5) is 0 Å². The van der Waals surface area contributed by atoms with E-state index in [0.29, 0.717) is 19.0 Å². The molecule has 1 aliphatic heterocycles. The number of piperidine rings is 1. The van der Waals surface area contributed by atoms with Crippen LogP contribution < -0.4 is 15.2 Å². The highest BCUT2D eigenvalue weighted by atomic mass is 16.5. The molecule has 0 saturated carbocycles. The van der Waals surface area contributed by atoms with Gasteiger partial charge in [-0.25, -0.2) is 4.98 Å². The molecule has 0 bridgehead atoms. The number of amides is 1. The van der Waals surface area contributed by atoms with Crippen LogP contribution in [0.15, 0.2) is 30.3 Å². The third-order valence-corrected chi connectivity index (χ3v) is 4.44. The quantitative estimate of drug-likeness (QED) is 0.876. The minimum absolute atomic E-state index is 0.162. The molecule has 1 amide bonds. The van der Waals surface area contributed by atoms with Gasteiger partial charge in [-0.05, 0) is 37.6 Å². The molecule has 6 nitrogen and oxygen atoms in total. The number of aromatic nitrogens is 1. The molecule has 128 valence electrons. The van der Waals surface area contributed by atoms with Crippen molar-refractivity contribution < 1.29 is 14.3 Å². The first-order chi connectivity index (χ1) is 11.7. The minimum Gasteiger partial charge on any atom is -0.492 e. The maximum atomic E-state index is 11.5. The van der Waals surface area contributed by atoms with E-state index >= 15 is 0 Å². The Bertz CT molecular complexity index is 720. The monoisotopic (exact) mass is 329 g/mol. The lowest BCUT2D eigenvalue weighted by Gasteiger charge is -2.33. The topological polar surface area (TPSA) is 77.7 Å². The van der Waals surface area contributed by atoms with Crippen molar-refractivity contribution in [2.45, 2.75) is 25.3 Å². The molecular weight excluding hydrogens is 306 g/mol. The maximum absolute atomic E-state index is 11.5. The number of hydrogen-bond acceptors (Lipinski definition) is 5. The van der Waals surface area contributed by atoms with Gasteiger partial charge < -0.3 is 15.2 Å². The standard InChI is InChI=1S/C18H23N3O3/c1-23-17-8-6-13-5-7-14(12-15(13)20-17)24-11-10-21-9-3-2-4-16(21)18(19)22/h5-8,12,16H,2-4,9-11H2,1H3,(H2,19,22). The number of ether oxygens (including phenoxy) is 2. The van der Waals surface area contributed by atoms with Crippen LogP contribution in [0.25, 0.3) is 10.9 Å². The van der Waals surface area contributed by atoms with Crippen LogP contribution in [0, 0.1) is 0 Å². The van der Waals surface area contributed by atoms with Crippen LogP contribution >= 0.6 is 0 Å². The molecule has 1 fully saturated rings. The minimum atomic E-state index is -0.239. The van der Waals surface area contributed by atoms with Crippen molar-refractivity contribution in [3.8, 4) is 11.6 Å². The highest BCUT2D eigenvalue weighted by Gasteiger charge is 2.26. The van der Waals surface area contributed by atoms with Crippen LogP contribution in [-0.2, 0) is 4.79 Å². The lowest BCUT2D eigenvalue weighted by Crippen LogP contribution is -2.48. The highest BCUT2D eigenvalue weighted by Crippen LogP contribution is 2.22. The summed E-state index contributed by atoms with van der Waals surface area (Å²) in [7, 11) is 1.60. The molecule has 1 saturated heterocycles. The lowest BCUT2D eigenvalue weighted by molar-refractivity contribution is -0.124. The molecule has 0 radical (unpaired) electrons. The molecule has 0 aliphatic carbocycles. The number of carbonyl (C=O) groups excluding carboxylic acids is 1. The van der Waals surface area contributed by atoms with Crippen molar-refractivity contribution in [3.05, 3.63) is 30.3 Å². The van der Waals surface area contributed by atoms with E-state index < -0.39 is 0 Å². The molecule has 6 heteroatoms. The van der Waals surface area contributed by atoms with Gasteiger partial charge in [-0.1, -0.05) is 6.42 Å². The number of hydrogen-bond donors (Lipinski definition) is 1. The Kier molecular flexibility index (Phi) is 5.15. The summed E-state index contributed by atoms with van der Waals surface area (Å²) in [6.45, 7) is 2.10. The number of carbonyl (C=O) groups is 1. The molecule has 1 aromatic carbocycles. The average molecular weight is 329 g/mol. The molecule has 2 aromatic rings. The fraction of sp³-hybridized carbons (Fsp3) is 0.444. The van der Waals surface area contributed by atoms with Gasteiger partial charge >= 0.3 is 0 Å². The second-order valence-electron chi connectivity index (χ2n) is 6.01. The normalized spacial score (nSPS) is 18.5. The molecule has 2 heterocycles. The number of nitrogens with zero attached hydrogens (tertiary/aromatic N) is 2. The highest BCUT2D eigenvalue weighted by molar-refractivity contribution is 5.80. The summed E-state index contributed by atoms with van der Waals surface area (Å²) in [5.74, 6) is 1.10. The maximum Gasteiger partial charge on any atom is 0.234 e. The summed E-state index contributed by atoms with van der Waals surface area (Å²) in [5, 5.41) is 1.04. The number of methoxy groups -OCH3 is 1. The molecular formula is C18H23N3O3. The number of rotatable bonds is 6. The van der Waals surface area contributed by atoms with Crippen molar-refractivity contribution >= 4 is 16.8 Å². The van der Waals surface area contributed by atoms with E-state index in [4.69, 9.17) is 15.2 Å². The van der Waals surface area contributed by atoms with Crippen molar-refractivity contribution in [2.24, 2.45) is 5.73 Å². The summed E-state index contributed by atoms with van der Waals surface area (Å²) in [6, 6.07) is 9.45. The summed E-state index contributed by atoms with van der Waals surface area (Å²) in [5.41, 5.74) is 6.32. The SMILES string of the molecule is COc1ccc2ccc(OCCN3CCCCC3C(N)=O)cc2n1. The smallest absolute Gasteiger partial charge is 0.234 e. The van der Waals surface area contributed by atoms with E-state index in [-0.39, 0.29) is 11.9 Å². The van der Waals surface area contributed by atoms with Gasteiger partial charge in [0, 0.05) is 24.1 Å². The zero-order valence-electron chi connectivity index (χ0n) is 13.9. The third kappa shape index (κ3) is 3.76. The third-order valence-electron chi connectivity index (χ3n) is 4.44. The zero-order valence-corrected chi connectivity index (χ0v) is 13.9. The summed E-state index contributed by atoms with van der Waals surface area (Å²) in [6.07, 6.45) is 3.00. The van der Waals surface area contributed by atoms with Crippen LogP contribution in [0.2, 0.25) is 0 Å². The summed E-state index contributed by atoms with van der Waals surface area (Å²) < 4.78 is 11.0. The van der Waals surface area contributed by atoms with Gasteiger partial charge in [0.1, 0.15) is 12.4 Å². The molecule has 2 N–H and O–H groups in total. The summed E-state index contributed by atoms with van der Waals surface area (Å²) >= 11 is 0. The van der Waals surface area contributed by atoms with E-state index in [2.05, 4.69) is 9.88 Å². The first-order valence-electron chi connectivity index (χ1n) is 8.28. The van der Waals surface area contributed by atoms with Gasteiger partial charge in [0.25, 0.3) is 0 Å². The van der Waals surface area contributed by atoms with E-state index in [1.165, 1.54) is 0 Å². The van der Waals surface area contributed by atoms with E-state index in [9.17, 15) is 4.79 Å². The summed E-state index contributed by atoms with van der Waals surface area (Å²) in [4.78, 5) is 18.1. The largest absolute Gasteiger partial charge is 0.492 e. The van der Waals surface area contributed by atoms with Gasteiger partial charge in [-0.15, -0.1) is 0 Å². The lowest BCUT2D eigenvalue weighted by atomic mass is 10.0. The molecule has 1 unspecified atom stereocenters. The van der Waals surface area contributed by atoms with E-state index in [1.54, 1.807) is 7.11 Å². The molecule has 0 spiro atoms. The van der Waals surface area contributed by atoms with Crippen LogP contribution in [-0.4, -0.2) is 48.6 Å². The Hall–Kier alpha value is -2.34. The zero-order chi connectivity index (χ0) is 16.9. The first kappa shape index (κ1) is 16.5. The number of fused-ring (bicyclic) bond motifs is 1. The number of benzene rings is 1. The Labute approximate surface area is 141 Å². The van der Waals surface area contributed by atoms with Gasteiger partial charge in [0.15, 0.2) is 0 Å². The molecule has 24 heavy (non-hydrogen) atoms. The van der Waals surface area contributed by atoms with Gasteiger partial charge in [-0.2, -0.15) is 0 Å². The number of pyridine rings is 1. The van der Waals surface area contributed by atoms with Crippen molar-refractivity contribution in [1.82, 2.24) is 9.88 Å². The van der Waals surface area contributed by atoms with Crippen LogP contribution in [0.5, 0.6) is 11.6 Å².